The van der Waals surface area contributed by atoms with Crippen molar-refractivity contribution in [3.05, 3.63) is 52.6 Å². The van der Waals surface area contributed by atoms with Crippen LogP contribution in [0.4, 0.5) is 5.82 Å². The van der Waals surface area contributed by atoms with Crippen LogP contribution in [0.25, 0.3) is 6.08 Å². The summed E-state index contributed by atoms with van der Waals surface area (Å²) in [5, 5.41) is 9.04. The van der Waals surface area contributed by atoms with Gasteiger partial charge in [0.2, 0.25) is 5.91 Å². The summed E-state index contributed by atoms with van der Waals surface area (Å²) in [4.78, 5) is 11.5. The molecule has 1 amide bonds. The fourth-order valence-electron chi connectivity index (χ4n) is 1.28. The molecule has 0 fully saturated rings. The molecule has 0 aliphatic rings. The van der Waals surface area contributed by atoms with Crippen molar-refractivity contribution in [2.45, 2.75) is 0 Å². The smallest absolute Gasteiger partial charge is 0.249 e. The van der Waals surface area contributed by atoms with Crippen molar-refractivity contribution in [3.8, 4) is 0 Å². The molecule has 0 aliphatic heterocycles. The van der Waals surface area contributed by atoms with Gasteiger partial charge in [-0.05, 0) is 23.8 Å². The maximum atomic E-state index is 11.5. The highest BCUT2D eigenvalue weighted by atomic mass is 79.9. The molecule has 0 aliphatic carbocycles. The number of aromatic amines is 1. The molecule has 2 rings (SSSR count). The highest BCUT2D eigenvalue weighted by Gasteiger charge is 1.97. The molecule has 1 aromatic heterocycles. The molecular weight excluding hydrogens is 282 g/mol. The standard InChI is InChI=1S/C12H10BrN3O/c13-10-3-1-2-9(8-10)4-5-12(17)15-11-6-7-14-16-11/h1-8H,(H2,14,15,16,17)/b5-4+. The summed E-state index contributed by atoms with van der Waals surface area (Å²) in [7, 11) is 0. The second kappa shape index (κ2) is 5.45. The van der Waals surface area contributed by atoms with Crippen molar-refractivity contribution < 1.29 is 4.79 Å². The number of carbonyl (C=O) groups excluding carboxylic acids is 1. The maximum Gasteiger partial charge on any atom is 0.249 e. The van der Waals surface area contributed by atoms with Crippen LogP contribution in [0.5, 0.6) is 0 Å². The Kier molecular flexibility index (Phi) is 3.72. The normalized spacial score (nSPS) is 10.6. The highest BCUT2D eigenvalue weighted by molar-refractivity contribution is 9.10. The molecule has 0 unspecified atom stereocenters. The molecular formula is C12H10BrN3O. The third kappa shape index (κ3) is 3.57. The van der Waals surface area contributed by atoms with Gasteiger partial charge in [0.1, 0.15) is 5.82 Å². The predicted octanol–water partition coefficient (Wildman–Crippen LogP) is 2.82. The Morgan fingerprint density at radius 2 is 2.29 bits per heavy atom. The minimum Gasteiger partial charge on any atom is -0.307 e. The molecule has 0 bridgehead atoms. The van der Waals surface area contributed by atoms with Gasteiger partial charge in [-0.3, -0.25) is 9.89 Å². The molecule has 1 aromatic carbocycles. The van der Waals surface area contributed by atoms with Crippen molar-refractivity contribution in [1.29, 1.82) is 0 Å². The van der Waals surface area contributed by atoms with E-state index in [9.17, 15) is 4.79 Å². The second-order valence-corrected chi connectivity index (χ2v) is 4.26. The van der Waals surface area contributed by atoms with Crippen molar-refractivity contribution in [1.82, 2.24) is 10.2 Å². The summed E-state index contributed by atoms with van der Waals surface area (Å²) < 4.78 is 0.980. The molecule has 2 aromatic rings. The molecule has 86 valence electrons. The Hall–Kier alpha value is -1.88. The number of rotatable bonds is 3. The van der Waals surface area contributed by atoms with E-state index in [0.29, 0.717) is 5.82 Å². The van der Waals surface area contributed by atoms with E-state index in [0.717, 1.165) is 10.0 Å². The quantitative estimate of drug-likeness (QED) is 0.855. The molecule has 4 nitrogen and oxygen atoms in total. The molecule has 2 N–H and O–H groups in total. The first kappa shape index (κ1) is 11.6. The Bertz CT molecular complexity index is 534. The lowest BCUT2D eigenvalue weighted by Crippen LogP contribution is -2.07. The van der Waals surface area contributed by atoms with Crippen molar-refractivity contribution in [2.24, 2.45) is 0 Å². The van der Waals surface area contributed by atoms with Gasteiger partial charge in [0.25, 0.3) is 0 Å². The molecule has 1 heterocycles. The van der Waals surface area contributed by atoms with Crippen LogP contribution >= 0.6 is 15.9 Å². The van der Waals surface area contributed by atoms with Crippen molar-refractivity contribution in [3.63, 3.8) is 0 Å². The minimum absolute atomic E-state index is 0.200. The topological polar surface area (TPSA) is 57.8 Å². The lowest BCUT2D eigenvalue weighted by atomic mass is 10.2. The van der Waals surface area contributed by atoms with E-state index in [2.05, 4.69) is 31.4 Å². The zero-order valence-electron chi connectivity index (χ0n) is 8.85. The number of anilines is 1. The molecule has 5 heteroatoms. The number of carbonyl (C=O) groups is 1. The van der Waals surface area contributed by atoms with Crippen molar-refractivity contribution >= 4 is 33.7 Å². The first-order chi connectivity index (χ1) is 8.24. The van der Waals surface area contributed by atoms with E-state index in [1.165, 1.54) is 6.08 Å². The Morgan fingerprint density at radius 1 is 1.41 bits per heavy atom. The third-order valence-electron chi connectivity index (χ3n) is 2.03. The van der Waals surface area contributed by atoms with Crippen LogP contribution in [0.3, 0.4) is 0 Å². The van der Waals surface area contributed by atoms with Gasteiger partial charge in [-0.25, -0.2) is 0 Å². The van der Waals surface area contributed by atoms with Gasteiger partial charge in [0.15, 0.2) is 0 Å². The number of nitrogens with zero attached hydrogens (tertiary/aromatic N) is 1. The predicted molar refractivity (Wildman–Crippen MR) is 70.4 cm³/mol. The Balaban J connectivity index is 1.99. The van der Waals surface area contributed by atoms with Gasteiger partial charge in [-0.2, -0.15) is 5.10 Å². The lowest BCUT2D eigenvalue weighted by Gasteiger charge is -1.97. The summed E-state index contributed by atoms with van der Waals surface area (Å²) in [5.41, 5.74) is 0.958. The number of benzene rings is 1. The van der Waals surface area contributed by atoms with Gasteiger partial charge in [0, 0.05) is 16.6 Å². The first-order valence-electron chi connectivity index (χ1n) is 4.98. The molecule has 0 atom stereocenters. The first-order valence-corrected chi connectivity index (χ1v) is 5.77. The zero-order valence-corrected chi connectivity index (χ0v) is 10.4. The van der Waals surface area contributed by atoms with Gasteiger partial charge in [-0.1, -0.05) is 28.1 Å². The fourth-order valence-corrected chi connectivity index (χ4v) is 1.70. The Morgan fingerprint density at radius 3 is 3.00 bits per heavy atom. The van der Waals surface area contributed by atoms with E-state index < -0.39 is 0 Å². The van der Waals surface area contributed by atoms with E-state index in [1.54, 1.807) is 18.3 Å². The highest BCUT2D eigenvalue weighted by Crippen LogP contribution is 2.12. The molecule has 0 radical (unpaired) electrons. The van der Waals surface area contributed by atoms with E-state index in [1.807, 2.05) is 24.3 Å². The van der Waals surface area contributed by atoms with Crippen LogP contribution in [0, 0.1) is 0 Å². The van der Waals surface area contributed by atoms with Gasteiger partial charge >= 0.3 is 0 Å². The average Bonchev–Trinajstić information content (AvgIpc) is 2.79. The molecule has 0 saturated heterocycles. The van der Waals surface area contributed by atoms with Crippen LogP contribution in [0.2, 0.25) is 0 Å². The largest absolute Gasteiger partial charge is 0.307 e. The molecule has 17 heavy (non-hydrogen) atoms. The van der Waals surface area contributed by atoms with Crippen molar-refractivity contribution in [2.75, 3.05) is 5.32 Å². The van der Waals surface area contributed by atoms with E-state index >= 15 is 0 Å². The maximum absolute atomic E-state index is 11.5. The minimum atomic E-state index is -0.200. The summed E-state index contributed by atoms with van der Waals surface area (Å²) in [6.45, 7) is 0. The average molecular weight is 292 g/mol. The van der Waals surface area contributed by atoms with Gasteiger partial charge in [0.05, 0.1) is 6.20 Å². The Labute approximate surface area is 107 Å². The number of hydrogen-bond acceptors (Lipinski definition) is 2. The van der Waals surface area contributed by atoms with Crippen LogP contribution in [-0.4, -0.2) is 16.1 Å². The number of hydrogen-bond donors (Lipinski definition) is 2. The summed E-state index contributed by atoms with van der Waals surface area (Å²) >= 11 is 3.37. The van der Waals surface area contributed by atoms with Crippen LogP contribution in [-0.2, 0) is 4.79 Å². The SMILES string of the molecule is O=C(/C=C/c1cccc(Br)c1)Nc1ccn[nH]1. The monoisotopic (exact) mass is 291 g/mol. The van der Waals surface area contributed by atoms with Gasteiger partial charge in [-0.15, -0.1) is 0 Å². The van der Waals surface area contributed by atoms with E-state index in [-0.39, 0.29) is 5.91 Å². The molecule has 0 saturated carbocycles. The zero-order chi connectivity index (χ0) is 12.1. The number of amides is 1. The number of aromatic nitrogens is 2. The van der Waals surface area contributed by atoms with Crippen LogP contribution in [0.1, 0.15) is 5.56 Å². The second-order valence-electron chi connectivity index (χ2n) is 3.35. The van der Waals surface area contributed by atoms with Gasteiger partial charge < -0.3 is 5.32 Å². The molecule has 0 spiro atoms. The number of H-pyrrole nitrogens is 1. The lowest BCUT2D eigenvalue weighted by molar-refractivity contribution is -0.111. The summed E-state index contributed by atoms with van der Waals surface area (Å²) in [6.07, 6.45) is 4.80. The number of halogens is 1. The third-order valence-corrected chi connectivity index (χ3v) is 2.53. The number of nitrogens with one attached hydrogen (secondary N) is 2. The summed E-state index contributed by atoms with van der Waals surface area (Å²) in [5.74, 6) is 0.378. The van der Waals surface area contributed by atoms with E-state index in [4.69, 9.17) is 0 Å². The summed E-state index contributed by atoms with van der Waals surface area (Å²) in [6, 6.07) is 9.38. The fraction of sp³-hybridized carbons (Fsp3) is 0. The van der Waals surface area contributed by atoms with Crippen LogP contribution in [0.15, 0.2) is 47.1 Å². The van der Waals surface area contributed by atoms with Crippen LogP contribution < -0.4 is 5.32 Å².